The van der Waals surface area contributed by atoms with Crippen LogP contribution >= 0.6 is 0 Å². The number of rotatable bonds is 4. The number of likely N-dealkylation sites (tertiary alicyclic amines) is 1. The van der Waals surface area contributed by atoms with Crippen molar-refractivity contribution in [2.75, 3.05) is 18.4 Å². The minimum Gasteiger partial charge on any atom is -0.360 e. The van der Waals surface area contributed by atoms with Gasteiger partial charge in [-0.2, -0.15) is 4.98 Å². The van der Waals surface area contributed by atoms with E-state index in [2.05, 4.69) is 20.6 Å². The molecule has 0 spiro atoms. The van der Waals surface area contributed by atoms with Gasteiger partial charge in [0.25, 0.3) is 11.8 Å². The Balaban J connectivity index is 1.33. The first-order valence-corrected chi connectivity index (χ1v) is 9.44. The van der Waals surface area contributed by atoms with Crippen molar-refractivity contribution in [1.82, 2.24) is 20.2 Å². The van der Waals surface area contributed by atoms with Crippen molar-refractivity contribution in [1.29, 1.82) is 0 Å². The maximum absolute atomic E-state index is 12.8. The van der Waals surface area contributed by atoms with Crippen LogP contribution in [0.4, 0.5) is 5.82 Å². The number of hydrogen-bond donors (Lipinski definition) is 1. The zero-order valence-corrected chi connectivity index (χ0v) is 16.2. The highest BCUT2D eigenvalue weighted by Gasteiger charge is 2.28. The van der Waals surface area contributed by atoms with E-state index in [0.29, 0.717) is 54.8 Å². The second-order valence-electron chi connectivity index (χ2n) is 7.10. The van der Waals surface area contributed by atoms with Crippen LogP contribution in [0.3, 0.4) is 0 Å². The fourth-order valence-electron chi connectivity index (χ4n) is 3.35. The van der Waals surface area contributed by atoms with Crippen molar-refractivity contribution >= 4 is 17.6 Å². The van der Waals surface area contributed by atoms with Crippen molar-refractivity contribution in [2.24, 2.45) is 5.92 Å². The normalized spacial score (nSPS) is 14.8. The molecule has 9 nitrogen and oxygen atoms in total. The van der Waals surface area contributed by atoms with E-state index in [-0.39, 0.29) is 17.7 Å². The number of amides is 2. The van der Waals surface area contributed by atoms with Gasteiger partial charge in [0.15, 0.2) is 11.6 Å². The molecular weight excluding hydrogens is 374 g/mol. The minimum atomic E-state index is -0.154. The van der Waals surface area contributed by atoms with Crippen molar-refractivity contribution in [3.05, 3.63) is 47.5 Å². The molecule has 3 aromatic rings. The molecule has 4 rings (SSSR count). The SMILES string of the molecule is Cc1noc(-c2ccc(C(=O)N3CCC(C(=O)Nc4cc(C)on4)CC3)cc2)n1. The Morgan fingerprint density at radius 3 is 2.38 bits per heavy atom. The molecule has 0 radical (unpaired) electrons. The predicted octanol–water partition coefficient (Wildman–Crippen LogP) is 2.83. The van der Waals surface area contributed by atoms with E-state index in [1.54, 1.807) is 49.1 Å². The van der Waals surface area contributed by atoms with Crippen LogP contribution in [0.5, 0.6) is 0 Å². The first-order valence-electron chi connectivity index (χ1n) is 9.44. The van der Waals surface area contributed by atoms with Crippen LogP contribution in [-0.2, 0) is 4.79 Å². The number of piperidine rings is 1. The average molecular weight is 395 g/mol. The minimum absolute atomic E-state index is 0.0516. The fourth-order valence-corrected chi connectivity index (χ4v) is 3.35. The van der Waals surface area contributed by atoms with Crippen LogP contribution in [-0.4, -0.2) is 45.1 Å². The summed E-state index contributed by atoms with van der Waals surface area (Å²) in [5.74, 6) is 1.75. The second-order valence-corrected chi connectivity index (χ2v) is 7.10. The Labute approximate surface area is 167 Å². The molecule has 1 aliphatic rings. The Kier molecular flexibility index (Phi) is 5.11. The molecule has 1 aromatic carbocycles. The van der Waals surface area contributed by atoms with Gasteiger partial charge in [0.05, 0.1) is 0 Å². The fraction of sp³-hybridized carbons (Fsp3) is 0.350. The Bertz CT molecular complexity index is 1020. The van der Waals surface area contributed by atoms with Crippen LogP contribution in [0.1, 0.15) is 34.8 Å². The van der Waals surface area contributed by atoms with Gasteiger partial charge in [-0.3, -0.25) is 9.59 Å². The number of carbonyl (C=O) groups excluding carboxylic acids is 2. The lowest BCUT2D eigenvalue weighted by atomic mass is 9.95. The van der Waals surface area contributed by atoms with Crippen LogP contribution in [0, 0.1) is 19.8 Å². The van der Waals surface area contributed by atoms with Crippen molar-refractivity contribution in [3.63, 3.8) is 0 Å². The number of nitrogens with one attached hydrogen (secondary N) is 1. The third kappa shape index (κ3) is 4.18. The summed E-state index contributed by atoms with van der Waals surface area (Å²) in [5.41, 5.74) is 1.35. The van der Waals surface area contributed by atoms with E-state index in [1.807, 2.05) is 0 Å². The van der Waals surface area contributed by atoms with Gasteiger partial charge in [-0.15, -0.1) is 0 Å². The van der Waals surface area contributed by atoms with Crippen molar-refractivity contribution in [2.45, 2.75) is 26.7 Å². The van der Waals surface area contributed by atoms with Gasteiger partial charge in [-0.1, -0.05) is 10.3 Å². The number of aryl methyl sites for hydroxylation is 2. The van der Waals surface area contributed by atoms with Gasteiger partial charge in [-0.25, -0.2) is 0 Å². The van der Waals surface area contributed by atoms with Crippen LogP contribution in [0.25, 0.3) is 11.5 Å². The summed E-state index contributed by atoms with van der Waals surface area (Å²) >= 11 is 0. The van der Waals surface area contributed by atoms with Gasteiger partial charge < -0.3 is 19.3 Å². The molecule has 1 saturated heterocycles. The smallest absolute Gasteiger partial charge is 0.257 e. The molecule has 29 heavy (non-hydrogen) atoms. The van der Waals surface area contributed by atoms with Crippen molar-refractivity contribution in [3.8, 4) is 11.5 Å². The molecule has 0 atom stereocenters. The molecule has 0 aliphatic carbocycles. The standard InChI is InChI=1S/C20H21N5O4/c1-12-11-17(24-28-12)22-18(26)14-7-9-25(10-8-14)20(27)16-5-3-15(4-6-16)19-21-13(2)23-29-19/h3-6,11,14H,7-10H2,1-2H3,(H,22,24,26). The Morgan fingerprint density at radius 2 is 1.79 bits per heavy atom. The molecule has 3 heterocycles. The molecule has 1 fully saturated rings. The molecule has 0 bridgehead atoms. The first-order chi connectivity index (χ1) is 14.0. The van der Waals surface area contributed by atoms with E-state index in [0.717, 1.165) is 5.56 Å². The molecule has 1 N–H and O–H groups in total. The summed E-state index contributed by atoms with van der Waals surface area (Å²) in [4.78, 5) is 31.1. The number of anilines is 1. The van der Waals surface area contributed by atoms with Gasteiger partial charge in [0.1, 0.15) is 5.76 Å². The quantitative estimate of drug-likeness (QED) is 0.722. The second kappa shape index (κ2) is 7.86. The predicted molar refractivity (Wildman–Crippen MR) is 103 cm³/mol. The van der Waals surface area contributed by atoms with Gasteiger partial charge in [0.2, 0.25) is 5.91 Å². The molecular formula is C20H21N5O4. The zero-order chi connectivity index (χ0) is 20.4. The summed E-state index contributed by atoms with van der Waals surface area (Å²) in [6, 6.07) is 8.77. The van der Waals surface area contributed by atoms with Crippen LogP contribution in [0.2, 0.25) is 0 Å². The maximum atomic E-state index is 12.8. The highest BCUT2D eigenvalue weighted by Crippen LogP contribution is 2.22. The van der Waals surface area contributed by atoms with E-state index in [1.165, 1.54) is 0 Å². The van der Waals surface area contributed by atoms with Crippen LogP contribution in [0.15, 0.2) is 39.4 Å². The lowest BCUT2D eigenvalue weighted by Gasteiger charge is -2.31. The molecule has 1 aliphatic heterocycles. The summed E-state index contributed by atoms with van der Waals surface area (Å²) in [7, 11) is 0. The number of aromatic nitrogens is 3. The monoisotopic (exact) mass is 395 g/mol. The Morgan fingerprint density at radius 1 is 1.07 bits per heavy atom. The third-order valence-corrected chi connectivity index (χ3v) is 4.94. The summed E-state index contributed by atoms with van der Waals surface area (Å²) < 4.78 is 10.1. The number of hydrogen-bond acceptors (Lipinski definition) is 7. The zero-order valence-electron chi connectivity index (χ0n) is 16.2. The largest absolute Gasteiger partial charge is 0.360 e. The van der Waals surface area contributed by atoms with E-state index in [9.17, 15) is 9.59 Å². The van der Waals surface area contributed by atoms with E-state index >= 15 is 0 Å². The third-order valence-electron chi connectivity index (χ3n) is 4.94. The van der Waals surface area contributed by atoms with E-state index in [4.69, 9.17) is 9.05 Å². The number of nitrogens with zero attached hydrogens (tertiary/aromatic N) is 4. The van der Waals surface area contributed by atoms with Crippen LogP contribution < -0.4 is 5.32 Å². The van der Waals surface area contributed by atoms with Gasteiger partial charge in [0, 0.05) is 36.2 Å². The number of carbonyl (C=O) groups is 2. The first kappa shape index (κ1) is 18.9. The highest BCUT2D eigenvalue weighted by atomic mass is 16.5. The number of benzene rings is 1. The maximum Gasteiger partial charge on any atom is 0.257 e. The van der Waals surface area contributed by atoms with Gasteiger partial charge >= 0.3 is 0 Å². The highest BCUT2D eigenvalue weighted by molar-refractivity contribution is 5.95. The molecule has 2 aromatic heterocycles. The average Bonchev–Trinajstić information content (AvgIpc) is 3.35. The molecule has 150 valence electrons. The molecule has 9 heteroatoms. The molecule has 0 saturated carbocycles. The lowest BCUT2D eigenvalue weighted by Crippen LogP contribution is -2.41. The van der Waals surface area contributed by atoms with Crippen molar-refractivity contribution < 1.29 is 18.6 Å². The van der Waals surface area contributed by atoms with Gasteiger partial charge in [-0.05, 0) is 51.0 Å². The molecule has 2 amide bonds. The lowest BCUT2D eigenvalue weighted by molar-refractivity contribution is -0.121. The summed E-state index contributed by atoms with van der Waals surface area (Å²) in [5, 5.41) is 10.3. The topological polar surface area (TPSA) is 114 Å². The Hall–Kier alpha value is -3.49. The van der Waals surface area contributed by atoms with E-state index < -0.39 is 0 Å². The summed E-state index contributed by atoms with van der Waals surface area (Å²) in [6.45, 7) is 4.57. The molecule has 0 unspecified atom stereocenters. The summed E-state index contributed by atoms with van der Waals surface area (Å²) in [6.07, 6.45) is 1.21.